The van der Waals surface area contributed by atoms with Crippen LogP contribution in [0.1, 0.15) is 75.4 Å². The molecule has 2 aromatic heterocycles. The van der Waals surface area contributed by atoms with Crippen LogP contribution in [0, 0.1) is 5.92 Å². The molecule has 8 nitrogen and oxygen atoms in total. The number of pyridine rings is 1. The van der Waals surface area contributed by atoms with Gasteiger partial charge < -0.3 is 14.8 Å². The van der Waals surface area contributed by atoms with Crippen LogP contribution in [0.15, 0.2) is 102 Å². The normalized spacial score (nSPS) is 19.0. The Morgan fingerprint density at radius 3 is 2.26 bits per heavy atom. The molecule has 8 heteroatoms. The molecule has 5 heterocycles. The number of benzene rings is 4. The number of H-pyrrole nitrogens is 1. The topological polar surface area (TPSA) is 94.6 Å². The van der Waals surface area contributed by atoms with Gasteiger partial charge in [0.15, 0.2) is 0 Å². The summed E-state index contributed by atoms with van der Waals surface area (Å²) in [6, 6.07) is 31.6. The van der Waals surface area contributed by atoms with Crippen molar-refractivity contribution in [2.75, 3.05) is 13.1 Å². The first kappa shape index (κ1) is 33.2. The van der Waals surface area contributed by atoms with Crippen molar-refractivity contribution in [3.05, 3.63) is 114 Å². The highest BCUT2D eigenvalue weighted by molar-refractivity contribution is 6.01. The molecule has 266 valence electrons. The van der Waals surface area contributed by atoms with Gasteiger partial charge in [-0.15, -0.1) is 0 Å². The molecule has 0 saturated carbocycles. The molecule has 4 aromatic carbocycles. The van der Waals surface area contributed by atoms with Gasteiger partial charge in [0.25, 0.3) is 0 Å². The Bertz CT molecular complexity index is 2410. The van der Waals surface area contributed by atoms with Crippen LogP contribution in [0.4, 0.5) is 5.69 Å². The number of aromatic nitrogens is 3. The van der Waals surface area contributed by atoms with Crippen LogP contribution in [0.25, 0.3) is 44.2 Å². The Morgan fingerprint density at radius 1 is 0.736 bits per heavy atom. The summed E-state index contributed by atoms with van der Waals surface area (Å²) >= 11 is 0. The molecule has 0 unspecified atom stereocenters. The lowest BCUT2D eigenvalue weighted by Gasteiger charge is -2.28. The Hall–Kier alpha value is -5.63. The fraction of sp³-hybridized carbons (Fsp3) is 0.311. The average molecular weight is 701 g/mol. The maximum atomic E-state index is 13.6. The smallest absolute Gasteiger partial charge is 0.230 e. The van der Waals surface area contributed by atoms with Gasteiger partial charge in [-0.1, -0.05) is 74.5 Å². The lowest BCUT2D eigenvalue weighted by Crippen LogP contribution is -2.42. The number of amides is 2. The summed E-state index contributed by atoms with van der Waals surface area (Å²) in [4.78, 5) is 49.0. The molecule has 2 fully saturated rings. The number of aliphatic imine (C=N–C) groups is 1. The lowest BCUT2D eigenvalue weighted by molar-refractivity contribution is -0.135. The summed E-state index contributed by atoms with van der Waals surface area (Å²) in [5.74, 6) is 1.05. The van der Waals surface area contributed by atoms with Crippen molar-refractivity contribution in [1.82, 2.24) is 24.8 Å². The van der Waals surface area contributed by atoms with Gasteiger partial charge in [0.1, 0.15) is 5.82 Å². The first-order valence-corrected chi connectivity index (χ1v) is 19.1. The molecule has 0 spiro atoms. The summed E-state index contributed by atoms with van der Waals surface area (Å²) in [6.45, 7) is 7.51. The van der Waals surface area contributed by atoms with Crippen LogP contribution in [-0.4, -0.2) is 61.4 Å². The third kappa shape index (κ3) is 6.10. The van der Waals surface area contributed by atoms with Gasteiger partial charge >= 0.3 is 0 Å². The summed E-state index contributed by atoms with van der Waals surface area (Å²) < 4.78 is 0. The van der Waals surface area contributed by atoms with E-state index in [0.29, 0.717) is 0 Å². The second-order valence-corrected chi connectivity index (χ2v) is 15.3. The van der Waals surface area contributed by atoms with Gasteiger partial charge in [-0.3, -0.25) is 19.6 Å². The number of fused-ring (bicyclic) bond motifs is 3. The number of hydrogen-bond donors (Lipinski definition) is 1. The zero-order valence-corrected chi connectivity index (χ0v) is 30.5. The van der Waals surface area contributed by atoms with Gasteiger partial charge in [0.05, 0.1) is 40.2 Å². The number of hydrogen-bond acceptors (Lipinski definition) is 5. The van der Waals surface area contributed by atoms with Crippen LogP contribution in [0.2, 0.25) is 0 Å². The maximum absolute atomic E-state index is 13.6. The Morgan fingerprint density at radius 2 is 1.45 bits per heavy atom. The minimum atomic E-state index is -0.172. The zero-order chi connectivity index (χ0) is 36.2. The second kappa shape index (κ2) is 13.4. The van der Waals surface area contributed by atoms with Gasteiger partial charge in [-0.25, -0.2) is 4.98 Å². The summed E-state index contributed by atoms with van der Waals surface area (Å²) in [5.41, 5.74) is 11.5. The molecule has 0 aliphatic carbocycles. The number of likely N-dealkylation sites (tertiary alicyclic amines) is 2. The molecule has 0 radical (unpaired) electrons. The van der Waals surface area contributed by atoms with Crippen LogP contribution < -0.4 is 0 Å². The molecule has 1 N–H and O–H groups in total. The van der Waals surface area contributed by atoms with Crippen LogP contribution in [0.5, 0.6) is 0 Å². The van der Waals surface area contributed by atoms with Crippen molar-refractivity contribution < 1.29 is 9.59 Å². The SMILES string of the molecule is CC(C)C(=O)N1CCC[C@H]1c1nc2ccc(-c3ccc4cc(-c5ccc6c(c5)N=C([C@@H]5CCCN5C(=O)[C@H](C)c5ccccc5)C6)cnc4c3)cc2[nH]1. The van der Waals surface area contributed by atoms with E-state index in [4.69, 9.17) is 15.0 Å². The third-order valence-electron chi connectivity index (χ3n) is 11.5. The number of carbonyl (C=O) groups excluding carboxylic acids is 2. The van der Waals surface area contributed by atoms with Crippen molar-refractivity contribution in [3.63, 3.8) is 0 Å². The largest absolute Gasteiger partial charge is 0.340 e. The van der Waals surface area contributed by atoms with Gasteiger partial charge in [0.2, 0.25) is 11.8 Å². The number of aromatic amines is 1. The molecule has 3 aliphatic rings. The fourth-order valence-electron chi connectivity index (χ4n) is 8.56. The van der Waals surface area contributed by atoms with Crippen LogP contribution in [0.3, 0.4) is 0 Å². The molecule has 53 heavy (non-hydrogen) atoms. The van der Waals surface area contributed by atoms with E-state index in [1.807, 2.05) is 62.2 Å². The van der Waals surface area contributed by atoms with E-state index < -0.39 is 0 Å². The molecule has 3 atom stereocenters. The van der Waals surface area contributed by atoms with E-state index in [1.54, 1.807) is 0 Å². The molecule has 0 bridgehead atoms. The van der Waals surface area contributed by atoms with Gasteiger partial charge in [0, 0.05) is 48.3 Å². The van der Waals surface area contributed by atoms with Crippen molar-refractivity contribution in [2.24, 2.45) is 10.9 Å². The lowest BCUT2D eigenvalue weighted by atomic mass is 9.97. The third-order valence-corrected chi connectivity index (χ3v) is 11.5. The Labute approximate surface area is 310 Å². The molecule has 2 amide bonds. The van der Waals surface area contributed by atoms with E-state index in [9.17, 15) is 9.59 Å². The van der Waals surface area contributed by atoms with E-state index in [2.05, 4.69) is 70.5 Å². The van der Waals surface area contributed by atoms with Gasteiger partial charge in [-0.05, 0) is 90.8 Å². The van der Waals surface area contributed by atoms with Crippen molar-refractivity contribution in [3.8, 4) is 22.3 Å². The maximum Gasteiger partial charge on any atom is 0.230 e. The number of rotatable bonds is 7. The quantitative estimate of drug-likeness (QED) is 0.180. The van der Waals surface area contributed by atoms with Crippen LogP contribution in [-0.2, 0) is 16.0 Å². The van der Waals surface area contributed by atoms with Crippen molar-refractivity contribution >= 4 is 45.1 Å². The molecule has 2 saturated heterocycles. The van der Waals surface area contributed by atoms with E-state index in [-0.39, 0.29) is 35.7 Å². The molecular weight excluding hydrogens is 657 g/mol. The van der Waals surface area contributed by atoms with E-state index in [0.717, 1.165) is 112 Å². The number of nitrogens with one attached hydrogen (secondary N) is 1. The number of carbonyl (C=O) groups is 2. The van der Waals surface area contributed by atoms with E-state index in [1.165, 1.54) is 5.56 Å². The van der Waals surface area contributed by atoms with Crippen molar-refractivity contribution in [1.29, 1.82) is 0 Å². The predicted octanol–water partition coefficient (Wildman–Crippen LogP) is 9.19. The fourth-order valence-corrected chi connectivity index (χ4v) is 8.56. The highest BCUT2D eigenvalue weighted by Crippen LogP contribution is 2.37. The average Bonchev–Trinajstić information content (AvgIpc) is 4.02. The second-order valence-electron chi connectivity index (χ2n) is 15.3. The predicted molar refractivity (Wildman–Crippen MR) is 211 cm³/mol. The molecule has 3 aliphatic heterocycles. The summed E-state index contributed by atoms with van der Waals surface area (Å²) in [7, 11) is 0. The van der Waals surface area contributed by atoms with E-state index >= 15 is 0 Å². The van der Waals surface area contributed by atoms with Crippen molar-refractivity contribution in [2.45, 2.75) is 70.9 Å². The zero-order valence-electron chi connectivity index (χ0n) is 30.5. The first-order chi connectivity index (χ1) is 25.8. The van der Waals surface area contributed by atoms with Crippen LogP contribution >= 0.6 is 0 Å². The minimum Gasteiger partial charge on any atom is -0.340 e. The molecule has 6 aromatic rings. The standard InChI is InChI=1S/C45H44N6O2/c1-27(2)44(52)51-20-8-12-42(51)43-48-36-18-17-31(24-39(36)49-43)30-13-15-33-21-35(26-46-37(33)22-30)32-14-16-34-25-40(47-38(34)23-32)41-11-7-19-50(41)45(53)28(3)29-9-5-4-6-10-29/h4-6,9-10,13-18,21-24,26-28,41-42H,7-8,11-12,19-20,25H2,1-3H3,(H,48,49)/t28-,41+,42+/m1/s1. The van der Waals surface area contributed by atoms with Gasteiger partial charge in [-0.2, -0.15) is 0 Å². The number of nitrogens with zero attached hydrogens (tertiary/aromatic N) is 5. The summed E-state index contributed by atoms with van der Waals surface area (Å²) in [5, 5.41) is 1.07. The number of imidazole rings is 1. The highest BCUT2D eigenvalue weighted by atomic mass is 16.2. The first-order valence-electron chi connectivity index (χ1n) is 19.1. The Balaban J connectivity index is 0.932. The monoisotopic (exact) mass is 700 g/mol. The summed E-state index contributed by atoms with van der Waals surface area (Å²) in [6.07, 6.45) is 6.62. The Kier molecular flexibility index (Phi) is 8.41. The molecular formula is C45H44N6O2. The minimum absolute atomic E-state index is 0.00163. The molecule has 9 rings (SSSR count). The highest BCUT2D eigenvalue weighted by Gasteiger charge is 2.37.